The lowest BCUT2D eigenvalue weighted by molar-refractivity contribution is -0.0225. The lowest BCUT2D eigenvalue weighted by atomic mass is 9.81. The van der Waals surface area contributed by atoms with E-state index in [0.29, 0.717) is 30.9 Å². The molecule has 0 aromatic heterocycles. The molecule has 7 heteroatoms. The number of ether oxygens (including phenoxy) is 2. The maximum absolute atomic E-state index is 12.5. The Morgan fingerprint density at radius 3 is 2.61 bits per heavy atom. The van der Waals surface area contributed by atoms with E-state index < -0.39 is 5.97 Å². The fourth-order valence-electron chi connectivity index (χ4n) is 5.45. The van der Waals surface area contributed by atoms with Crippen molar-refractivity contribution in [3.05, 3.63) is 53.6 Å². The second kappa shape index (κ2) is 10.8. The lowest BCUT2D eigenvalue weighted by Crippen LogP contribution is -2.51. The third kappa shape index (κ3) is 6.56. The maximum atomic E-state index is 12.5. The number of allylic oxidation sites excluding steroid dienone is 1. The fourth-order valence-corrected chi connectivity index (χ4v) is 5.45. The van der Waals surface area contributed by atoms with Crippen molar-refractivity contribution >= 4 is 17.7 Å². The molecule has 0 radical (unpaired) electrons. The summed E-state index contributed by atoms with van der Waals surface area (Å²) in [7, 11) is 0. The van der Waals surface area contributed by atoms with E-state index in [-0.39, 0.29) is 22.7 Å². The van der Waals surface area contributed by atoms with E-state index >= 15 is 0 Å². The number of nitrogens with zero attached hydrogens (tertiary/aromatic N) is 1. The molecule has 2 heterocycles. The molecule has 1 amide bonds. The molecule has 1 unspecified atom stereocenters. The SMILES string of the molecule is CCC1(CCNCC2=C/CC3(CC3)CC(C)(C)OC/C=C\2)COC(=O)N(c2ccc(C(=O)O)cc2)C1. The summed E-state index contributed by atoms with van der Waals surface area (Å²) in [5.74, 6) is -0.985. The third-order valence-corrected chi connectivity index (χ3v) is 8.01. The molecule has 36 heavy (non-hydrogen) atoms. The van der Waals surface area contributed by atoms with Gasteiger partial charge in [0.15, 0.2) is 0 Å². The van der Waals surface area contributed by atoms with Gasteiger partial charge >= 0.3 is 12.1 Å². The standard InChI is InChI=1S/C29H40N2O5/c1-4-28(20-31(26(34)35-21-28)24-9-7-23(8-10-24)25(32)33)15-16-30-18-22-6-5-17-36-27(2,3)19-29(12-11-22)13-14-29/h5-11,30H,4,12-21H2,1-3H3,(H,32,33)/b6-5-,22-11+. The Bertz CT molecular complexity index is 1010. The Balaban J connectivity index is 1.33. The quantitative estimate of drug-likeness (QED) is 0.458. The highest BCUT2D eigenvalue weighted by atomic mass is 16.6. The molecule has 2 fully saturated rings. The molecule has 1 spiro atoms. The molecule has 2 aliphatic heterocycles. The predicted molar refractivity (Wildman–Crippen MR) is 140 cm³/mol. The van der Waals surface area contributed by atoms with Crippen LogP contribution in [0.4, 0.5) is 10.5 Å². The third-order valence-electron chi connectivity index (χ3n) is 8.01. The first-order valence-electron chi connectivity index (χ1n) is 13.1. The van der Waals surface area contributed by atoms with E-state index in [1.165, 1.54) is 30.5 Å². The van der Waals surface area contributed by atoms with Gasteiger partial charge in [-0.2, -0.15) is 0 Å². The van der Waals surface area contributed by atoms with Crippen molar-refractivity contribution in [2.24, 2.45) is 10.8 Å². The predicted octanol–water partition coefficient (Wildman–Crippen LogP) is 5.57. The molecular weight excluding hydrogens is 456 g/mol. The summed E-state index contributed by atoms with van der Waals surface area (Å²) >= 11 is 0. The van der Waals surface area contributed by atoms with Crippen LogP contribution in [0.1, 0.15) is 69.7 Å². The maximum Gasteiger partial charge on any atom is 0.414 e. The second-order valence-electron chi connectivity index (χ2n) is 11.4. The van der Waals surface area contributed by atoms with Crippen molar-refractivity contribution in [1.29, 1.82) is 0 Å². The summed E-state index contributed by atoms with van der Waals surface area (Å²) in [5.41, 5.74) is 2.32. The summed E-state index contributed by atoms with van der Waals surface area (Å²) in [5, 5.41) is 12.8. The molecule has 1 saturated heterocycles. The van der Waals surface area contributed by atoms with Gasteiger partial charge in [-0.15, -0.1) is 0 Å². The van der Waals surface area contributed by atoms with Gasteiger partial charge in [-0.25, -0.2) is 9.59 Å². The van der Waals surface area contributed by atoms with Crippen molar-refractivity contribution in [3.8, 4) is 0 Å². The molecule has 3 aliphatic rings. The number of anilines is 1. The van der Waals surface area contributed by atoms with Gasteiger partial charge in [0.05, 0.1) is 17.8 Å². The van der Waals surface area contributed by atoms with Gasteiger partial charge in [0.2, 0.25) is 0 Å². The van der Waals surface area contributed by atoms with Gasteiger partial charge in [-0.1, -0.05) is 25.2 Å². The average Bonchev–Trinajstić information content (AvgIpc) is 3.61. The lowest BCUT2D eigenvalue weighted by Gasteiger charge is -2.41. The smallest absolute Gasteiger partial charge is 0.414 e. The van der Waals surface area contributed by atoms with E-state index in [2.05, 4.69) is 44.3 Å². The zero-order valence-corrected chi connectivity index (χ0v) is 21.8. The zero-order valence-electron chi connectivity index (χ0n) is 21.8. The number of cyclic esters (lactones) is 1. The number of carboxylic acids is 1. The number of aromatic carboxylic acids is 1. The van der Waals surface area contributed by atoms with Crippen LogP contribution >= 0.6 is 0 Å². The Morgan fingerprint density at radius 1 is 1.19 bits per heavy atom. The van der Waals surface area contributed by atoms with Gasteiger partial charge in [0.25, 0.3) is 0 Å². The number of carbonyl (C=O) groups is 2. The van der Waals surface area contributed by atoms with Crippen molar-refractivity contribution in [3.63, 3.8) is 0 Å². The Morgan fingerprint density at radius 2 is 1.94 bits per heavy atom. The number of hydrogen-bond acceptors (Lipinski definition) is 5. The fraction of sp³-hybridized carbons (Fsp3) is 0.586. The second-order valence-corrected chi connectivity index (χ2v) is 11.4. The molecule has 2 N–H and O–H groups in total. The molecule has 1 saturated carbocycles. The summed E-state index contributed by atoms with van der Waals surface area (Å²) in [6.07, 6.45) is 12.9. The minimum absolute atomic E-state index is 0.0749. The van der Waals surface area contributed by atoms with Crippen molar-refractivity contribution in [1.82, 2.24) is 5.32 Å². The van der Waals surface area contributed by atoms with Gasteiger partial charge in [0.1, 0.15) is 6.61 Å². The largest absolute Gasteiger partial charge is 0.478 e. The monoisotopic (exact) mass is 496 g/mol. The summed E-state index contributed by atoms with van der Waals surface area (Å²) in [4.78, 5) is 25.3. The van der Waals surface area contributed by atoms with Crippen LogP contribution in [0.3, 0.4) is 0 Å². The van der Waals surface area contributed by atoms with Gasteiger partial charge in [-0.05, 0) is 94.2 Å². The van der Waals surface area contributed by atoms with E-state index in [4.69, 9.17) is 14.6 Å². The molecule has 1 aromatic carbocycles. The van der Waals surface area contributed by atoms with Gasteiger partial charge < -0.3 is 19.9 Å². The van der Waals surface area contributed by atoms with Crippen LogP contribution in [-0.4, -0.2) is 55.6 Å². The minimum Gasteiger partial charge on any atom is -0.478 e. The molecule has 196 valence electrons. The van der Waals surface area contributed by atoms with Crippen LogP contribution in [-0.2, 0) is 9.47 Å². The van der Waals surface area contributed by atoms with Crippen LogP contribution < -0.4 is 10.2 Å². The zero-order chi connectivity index (χ0) is 25.8. The molecule has 0 bridgehead atoms. The first-order valence-corrected chi connectivity index (χ1v) is 13.1. The number of amides is 1. The van der Waals surface area contributed by atoms with Crippen molar-refractivity contribution in [2.45, 2.75) is 64.9 Å². The van der Waals surface area contributed by atoms with Crippen LogP contribution in [0.5, 0.6) is 0 Å². The number of carboxylic acid groups (broad SMARTS) is 1. The summed E-state index contributed by atoms with van der Waals surface area (Å²) in [6.45, 7) is 9.73. The average molecular weight is 497 g/mol. The van der Waals surface area contributed by atoms with Crippen LogP contribution in [0.15, 0.2) is 48.1 Å². The number of rotatable bonds is 8. The molecule has 1 atom stereocenters. The van der Waals surface area contributed by atoms with Crippen LogP contribution in [0.25, 0.3) is 0 Å². The number of nitrogens with one attached hydrogen (secondary N) is 1. The van der Waals surface area contributed by atoms with Crippen LogP contribution in [0, 0.1) is 10.8 Å². The number of benzene rings is 1. The molecule has 1 aliphatic carbocycles. The normalized spacial score (nSPS) is 27.6. The molecule has 7 nitrogen and oxygen atoms in total. The van der Waals surface area contributed by atoms with Gasteiger partial charge in [0, 0.05) is 24.2 Å². The van der Waals surface area contributed by atoms with Gasteiger partial charge in [-0.3, -0.25) is 4.90 Å². The minimum atomic E-state index is -0.985. The Kier molecular flexibility index (Phi) is 7.90. The molecular formula is C29H40N2O5. The van der Waals surface area contributed by atoms with Crippen molar-refractivity contribution in [2.75, 3.05) is 37.7 Å². The number of hydrogen-bond donors (Lipinski definition) is 2. The highest BCUT2D eigenvalue weighted by Gasteiger charge is 2.45. The van der Waals surface area contributed by atoms with Crippen LogP contribution in [0.2, 0.25) is 0 Å². The van der Waals surface area contributed by atoms with E-state index in [0.717, 1.165) is 38.8 Å². The topological polar surface area (TPSA) is 88.1 Å². The molecule has 1 aromatic rings. The Labute approximate surface area is 214 Å². The molecule has 4 rings (SSSR count). The first kappa shape index (κ1) is 26.4. The summed E-state index contributed by atoms with van der Waals surface area (Å²) < 4.78 is 11.7. The highest BCUT2D eigenvalue weighted by molar-refractivity contribution is 5.91. The van der Waals surface area contributed by atoms with E-state index in [9.17, 15) is 9.59 Å². The number of carbonyl (C=O) groups excluding carboxylic acids is 1. The van der Waals surface area contributed by atoms with E-state index in [1.54, 1.807) is 17.0 Å². The van der Waals surface area contributed by atoms with E-state index in [1.807, 2.05) is 0 Å². The summed E-state index contributed by atoms with van der Waals surface area (Å²) in [6, 6.07) is 6.38. The first-order chi connectivity index (χ1) is 17.1. The Hall–Kier alpha value is -2.64. The highest BCUT2D eigenvalue weighted by Crippen LogP contribution is 2.55. The van der Waals surface area contributed by atoms with Crippen molar-refractivity contribution < 1.29 is 24.2 Å².